The quantitative estimate of drug-likeness (QED) is 0.536. The average molecular weight is 166 g/mol. The van der Waals surface area contributed by atoms with Crippen molar-refractivity contribution in [1.82, 2.24) is 0 Å². The van der Waals surface area contributed by atoms with Crippen LogP contribution in [0.3, 0.4) is 0 Å². The Morgan fingerprint density at radius 2 is 2.50 bits per heavy atom. The summed E-state index contributed by atoms with van der Waals surface area (Å²) in [5.41, 5.74) is -0.868. The molecule has 0 saturated carbocycles. The maximum absolute atomic E-state index is 9.86. The first kappa shape index (κ1) is 7.64. The molecule has 1 aliphatic rings. The number of thioether (sulfide) groups is 1. The van der Waals surface area contributed by atoms with Crippen molar-refractivity contribution in [1.29, 1.82) is 0 Å². The van der Waals surface area contributed by atoms with E-state index in [0.29, 0.717) is 5.75 Å². The van der Waals surface area contributed by atoms with Gasteiger partial charge in [0.25, 0.3) is 5.62 Å². The number of hydrogen-bond donors (Lipinski definition) is 2. The minimum absolute atomic E-state index is 0.345. The lowest BCUT2D eigenvalue weighted by Crippen LogP contribution is -2.15. The summed E-state index contributed by atoms with van der Waals surface area (Å²) in [5, 5.41) is 16.8. The number of rotatable bonds is 1. The number of ether oxygens (including phenoxy) is 2. The van der Waals surface area contributed by atoms with Gasteiger partial charge in [0, 0.05) is 0 Å². The maximum atomic E-state index is 9.86. The molecule has 1 heterocycles. The summed E-state index contributed by atoms with van der Waals surface area (Å²) >= 11 is 1.10. The van der Waals surface area contributed by atoms with Crippen molar-refractivity contribution < 1.29 is 24.5 Å². The third kappa shape index (κ3) is 2.05. The molecule has 0 aliphatic carbocycles. The molecule has 0 aromatic heterocycles. The van der Waals surface area contributed by atoms with Gasteiger partial charge in [0.15, 0.2) is 6.29 Å². The van der Waals surface area contributed by atoms with Crippen molar-refractivity contribution in [3.05, 3.63) is 0 Å². The third-order valence-corrected chi connectivity index (χ3v) is 1.80. The Labute approximate surface area is 60.9 Å². The lowest BCUT2D eigenvalue weighted by molar-refractivity contribution is -0.148. The van der Waals surface area contributed by atoms with Crippen LogP contribution in [0.25, 0.3) is 0 Å². The molecule has 0 radical (unpaired) electrons. The summed E-state index contributed by atoms with van der Waals surface area (Å²) in [7, 11) is 0. The van der Waals surface area contributed by atoms with Gasteiger partial charge in [0.2, 0.25) is 0 Å². The normalized spacial score (nSPS) is 32.1. The van der Waals surface area contributed by atoms with Crippen LogP contribution in [0, 0.1) is 0 Å². The van der Waals surface area contributed by atoms with Gasteiger partial charge in [-0.1, -0.05) is 11.8 Å². The molecule has 58 valence electrons. The summed E-state index contributed by atoms with van der Waals surface area (Å²) in [5.74, 6) is 0.345. The fraction of sp³-hybridized carbons (Fsp3) is 0.750. The Kier molecular flexibility index (Phi) is 2.36. The van der Waals surface area contributed by atoms with E-state index < -0.39 is 18.1 Å². The second-order valence-electron chi connectivity index (χ2n) is 1.60. The lowest BCUT2D eigenvalue weighted by Gasteiger charge is -2.06. The summed E-state index contributed by atoms with van der Waals surface area (Å²) in [6.45, 7) is 0. The van der Waals surface area contributed by atoms with Crippen molar-refractivity contribution in [3.63, 3.8) is 0 Å². The van der Waals surface area contributed by atoms with E-state index in [0.717, 1.165) is 11.8 Å². The Morgan fingerprint density at radius 3 is 2.90 bits per heavy atom. The van der Waals surface area contributed by atoms with Gasteiger partial charge in [-0.2, -0.15) is 0 Å². The molecular formula is C4H6O5S. The van der Waals surface area contributed by atoms with Crippen LogP contribution in [-0.4, -0.2) is 34.0 Å². The average Bonchev–Trinajstić information content (AvgIpc) is 2.13. The monoisotopic (exact) mass is 166 g/mol. The number of hydrogen-bond acceptors (Lipinski definition) is 5. The van der Waals surface area contributed by atoms with Gasteiger partial charge in [-0.25, -0.2) is 4.79 Å². The smallest absolute Gasteiger partial charge is 0.450 e. The molecule has 2 atom stereocenters. The molecule has 6 heteroatoms. The van der Waals surface area contributed by atoms with E-state index in [1.54, 1.807) is 0 Å². The van der Waals surface area contributed by atoms with Crippen LogP contribution in [0.15, 0.2) is 0 Å². The van der Waals surface area contributed by atoms with Crippen LogP contribution in [0.1, 0.15) is 0 Å². The number of carbonyl (C=O) groups is 1. The second kappa shape index (κ2) is 3.09. The van der Waals surface area contributed by atoms with Crippen molar-refractivity contribution in [2.75, 3.05) is 5.75 Å². The van der Waals surface area contributed by atoms with E-state index >= 15 is 0 Å². The van der Waals surface area contributed by atoms with Gasteiger partial charge in [0.05, 0.1) is 5.75 Å². The van der Waals surface area contributed by atoms with Gasteiger partial charge >= 0.3 is 6.16 Å². The first-order valence-corrected chi connectivity index (χ1v) is 3.58. The largest absolute Gasteiger partial charge is 0.508 e. The van der Waals surface area contributed by atoms with E-state index in [1.165, 1.54) is 0 Å². The highest BCUT2D eigenvalue weighted by atomic mass is 32.2. The zero-order valence-corrected chi connectivity index (χ0v) is 5.71. The summed E-state index contributed by atoms with van der Waals surface area (Å²) < 4.78 is 8.77. The number of aliphatic hydroxyl groups is 1. The molecule has 1 rings (SSSR count). The van der Waals surface area contributed by atoms with Crippen LogP contribution in [0.4, 0.5) is 4.79 Å². The summed E-state index contributed by atoms with van der Waals surface area (Å²) in [4.78, 5) is 9.86. The van der Waals surface area contributed by atoms with Gasteiger partial charge in [0.1, 0.15) is 0 Å². The molecule has 2 N–H and O–H groups in total. The first-order valence-electron chi connectivity index (χ1n) is 2.53. The minimum atomic E-state index is -1.40. The van der Waals surface area contributed by atoms with E-state index in [1.807, 2.05) is 0 Å². The minimum Gasteiger partial charge on any atom is -0.450 e. The molecule has 0 aromatic carbocycles. The molecule has 1 fully saturated rings. The standard InChI is InChI=1S/C4H6O5S/c5-2-1-10-4(8-2)9-3(6)7/h2,4-5H,1H2,(H,6,7)/t2-,4+/m0/s1. The Hall–Kier alpha value is -0.460. The predicted molar refractivity (Wildman–Crippen MR) is 32.4 cm³/mol. The van der Waals surface area contributed by atoms with Gasteiger partial charge < -0.3 is 19.7 Å². The predicted octanol–water partition coefficient (Wildman–Crippen LogP) is 0.0464. The van der Waals surface area contributed by atoms with E-state index in [-0.39, 0.29) is 0 Å². The van der Waals surface area contributed by atoms with Crippen LogP contribution in [0.2, 0.25) is 0 Å². The highest BCUT2D eigenvalue weighted by Gasteiger charge is 2.26. The van der Waals surface area contributed by atoms with Crippen LogP contribution in [-0.2, 0) is 9.47 Å². The van der Waals surface area contributed by atoms with E-state index in [4.69, 9.17) is 10.2 Å². The highest BCUT2D eigenvalue weighted by Crippen LogP contribution is 2.24. The molecule has 0 bridgehead atoms. The highest BCUT2D eigenvalue weighted by molar-refractivity contribution is 7.99. The zero-order chi connectivity index (χ0) is 7.56. The Bertz CT molecular complexity index is 138. The molecule has 0 aromatic rings. The molecule has 0 unspecified atom stereocenters. The Morgan fingerprint density at radius 1 is 1.80 bits per heavy atom. The topological polar surface area (TPSA) is 76.0 Å². The molecule has 0 amide bonds. The summed E-state index contributed by atoms with van der Waals surface area (Å²) in [6, 6.07) is 0. The fourth-order valence-corrected chi connectivity index (χ4v) is 1.27. The van der Waals surface area contributed by atoms with Crippen molar-refractivity contribution >= 4 is 17.9 Å². The second-order valence-corrected chi connectivity index (χ2v) is 2.65. The molecule has 1 aliphatic heterocycles. The summed E-state index contributed by atoms with van der Waals surface area (Å²) in [6.07, 6.45) is -2.30. The van der Waals surface area contributed by atoms with E-state index in [9.17, 15) is 4.79 Å². The molecule has 5 nitrogen and oxygen atoms in total. The van der Waals surface area contributed by atoms with Crippen LogP contribution in [0.5, 0.6) is 0 Å². The molecular weight excluding hydrogens is 160 g/mol. The molecule has 1 saturated heterocycles. The van der Waals surface area contributed by atoms with Crippen LogP contribution < -0.4 is 0 Å². The SMILES string of the molecule is O=C(O)O[C@H]1O[C@H](O)CS1. The van der Waals surface area contributed by atoms with Crippen LogP contribution >= 0.6 is 11.8 Å². The maximum Gasteiger partial charge on any atom is 0.508 e. The first-order chi connectivity index (χ1) is 4.68. The van der Waals surface area contributed by atoms with Gasteiger partial charge in [-0.15, -0.1) is 0 Å². The zero-order valence-electron chi connectivity index (χ0n) is 4.89. The molecule has 0 spiro atoms. The van der Waals surface area contributed by atoms with Crippen molar-refractivity contribution in [2.45, 2.75) is 11.9 Å². The van der Waals surface area contributed by atoms with Gasteiger partial charge in [-0.05, 0) is 0 Å². The van der Waals surface area contributed by atoms with Crippen molar-refractivity contribution in [3.8, 4) is 0 Å². The third-order valence-electron chi connectivity index (χ3n) is 0.840. The number of carboxylic acid groups (broad SMARTS) is 1. The number of aliphatic hydroxyl groups excluding tert-OH is 1. The van der Waals surface area contributed by atoms with Gasteiger partial charge in [-0.3, -0.25) is 0 Å². The van der Waals surface area contributed by atoms with Crippen molar-refractivity contribution in [2.24, 2.45) is 0 Å². The van der Waals surface area contributed by atoms with E-state index in [2.05, 4.69) is 9.47 Å². The lowest BCUT2D eigenvalue weighted by atomic mass is 10.8. The molecule has 10 heavy (non-hydrogen) atoms. The Balaban J connectivity index is 2.24. The fourth-order valence-electron chi connectivity index (χ4n) is 0.512.